The highest BCUT2D eigenvalue weighted by Crippen LogP contribution is 2.31. The summed E-state index contributed by atoms with van der Waals surface area (Å²) in [6.07, 6.45) is 3.11. The molecular weight excluding hydrogens is 416 g/mol. The second-order valence-electron chi connectivity index (χ2n) is 8.76. The molecule has 4 rings (SSSR count). The first-order valence-corrected chi connectivity index (χ1v) is 11.9. The number of ether oxygens (including phenoxy) is 2. The minimum atomic E-state index is -0.548. The highest BCUT2D eigenvalue weighted by molar-refractivity contribution is 6.06. The summed E-state index contributed by atoms with van der Waals surface area (Å²) in [4.78, 5) is 15.1. The van der Waals surface area contributed by atoms with Gasteiger partial charge in [-0.1, -0.05) is 36.8 Å². The predicted molar refractivity (Wildman–Crippen MR) is 130 cm³/mol. The molecule has 3 aromatic rings. The van der Waals surface area contributed by atoms with Crippen LogP contribution in [-0.4, -0.2) is 59.5 Å². The maximum absolute atomic E-state index is 12.8. The first-order chi connectivity index (χ1) is 16.1. The molecule has 1 aromatic heterocycles. The Morgan fingerprint density at radius 3 is 2.58 bits per heavy atom. The van der Waals surface area contributed by atoms with Crippen molar-refractivity contribution < 1.29 is 19.4 Å². The Balaban J connectivity index is 1.57. The van der Waals surface area contributed by atoms with E-state index in [9.17, 15) is 9.90 Å². The molecule has 0 amide bonds. The SMILES string of the molecule is CCOC(=O)c1c(C)n(Cc2ccccc2)c2ccc(OCC(O)CN3CCCCC3)cc12. The van der Waals surface area contributed by atoms with Gasteiger partial charge >= 0.3 is 5.97 Å². The van der Waals surface area contributed by atoms with Gasteiger partial charge in [-0.3, -0.25) is 0 Å². The zero-order valence-electron chi connectivity index (χ0n) is 19.6. The van der Waals surface area contributed by atoms with E-state index in [2.05, 4.69) is 21.6 Å². The van der Waals surface area contributed by atoms with Crippen molar-refractivity contribution >= 4 is 16.9 Å². The van der Waals surface area contributed by atoms with E-state index >= 15 is 0 Å². The van der Waals surface area contributed by atoms with Crippen LogP contribution in [0.15, 0.2) is 48.5 Å². The van der Waals surface area contributed by atoms with Crippen molar-refractivity contribution in [3.05, 3.63) is 65.4 Å². The lowest BCUT2D eigenvalue weighted by molar-refractivity contribution is 0.0527. The zero-order chi connectivity index (χ0) is 23.2. The zero-order valence-corrected chi connectivity index (χ0v) is 19.6. The third-order valence-electron chi connectivity index (χ3n) is 6.32. The number of likely N-dealkylation sites (tertiary alicyclic amines) is 1. The molecule has 0 bridgehead atoms. The van der Waals surface area contributed by atoms with Gasteiger partial charge in [0.2, 0.25) is 0 Å². The molecule has 1 unspecified atom stereocenters. The Morgan fingerprint density at radius 2 is 1.85 bits per heavy atom. The van der Waals surface area contributed by atoms with Crippen molar-refractivity contribution in [1.82, 2.24) is 9.47 Å². The summed E-state index contributed by atoms with van der Waals surface area (Å²) in [6.45, 7) is 7.69. The van der Waals surface area contributed by atoms with Crippen LogP contribution >= 0.6 is 0 Å². The van der Waals surface area contributed by atoms with Crippen molar-refractivity contribution in [2.45, 2.75) is 45.8 Å². The molecule has 1 aliphatic heterocycles. The fourth-order valence-electron chi connectivity index (χ4n) is 4.67. The van der Waals surface area contributed by atoms with Crippen molar-refractivity contribution in [1.29, 1.82) is 0 Å². The maximum Gasteiger partial charge on any atom is 0.340 e. The second kappa shape index (κ2) is 10.9. The summed E-state index contributed by atoms with van der Waals surface area (Å²) < 4.78 is 13.5. The molecule has 0 spiro atoms. The van der Waals surface area contributed by atoms with Crippen LogP contribution in [0, 0.1) is 6.92 Å². The van der Waals surface area contributed by atoms with Crippen LogP contribution in [0.1, 0.15) is 47.8 Å². The number of piperidine rings is 1. The van der Waals surface area contributed by atoms with Gasteiger partial charge in [-0.15, -0.1) is 0 Å². The second-order valence-corrected chi connectivity index (χ2v) is 8.76. The van der Waals surface area contributed by atoms with Gasteiger partial charge in [0.15, 0.2) is 0 Å². The average molecular weight is 451 g/mol. The van der Waals surface area contributed by atoms with Gasteiger partial charge in [-0.25, -0.2) is 4.79 Å². The van der Waals surface area contributed by atoms with E-state index in [0.717, 1.165) is 35.2 Å². The van der Waals surface area contributed by atoms with Crippen LogP contribution in [0.25, 0.3) is 10.9 Å². The van der Waals surface area contributed by atoms with Crippen LogP contribution in [0.5, 0.6) is 5.75 Å². The molecule has 1 atom stereocenters. The molecule has 176 valence electrons. The van der Waals surface area contributed by atoms with Crippen molar-refractivity contribution in [3.8, 4) is 5.75 Å². The number of hydrogen-bond donors (Lipinski definition) is 1. The first-order valence-electron chi connectivity index (χ1n) is 11.9. The molecular formula is C27H34N2O4. The number of carbonyl (C=O) groups is 1. The summed E-state index contributed by atoms with van der Waals surface area (Å²) in [5.41, 5.74) is 3.56. The minimum Gasteiger partial charge on any atom is -0.491 e. The fourth-order valence-corrected chi connectivity index (χ4v) is 4.67. The Bertz CT molecular complexity index is 1070. The van der Waals surface area contributed by atoms with E-state index in [0.29, 0.717) is 31.0 Å². The topological polar surface area (TPSA) is 63.9 Å². The number of rotatable bonds is 9. The lowest BCUT2D eigenvalue weighted by Crippen LogP contribution is -2.38. The monoisotopic (exact) mass is 450 g/mol. The maximum atomic E-state index is 12.8. The number of fused-ring (bicyclic) bond motifs is 1. The number of hydrogen-bond acceptors (Lipinski definition) is 5. The number of benzene rings is 2. The third-order valence-corrected chi connectivity index (χ3v) is 6.32. The Morgan fingerprint density at radius 1 is 1.09 bits per heavy atom. The lowest BCUT2D eigenvalue weighted by atomic mass is 10.1. The highest BCUT2D eigenvalue weighted by Gasteiger charge is 2.22. The lowest BCUT2D eigenvalue weighted by Gasteiger charge is -2.28. The molecule has 1 fully saturated rings. The summed E-state index contributed by atoms with van der Waals surface area (Å²) in [7, 11) is 0. The molecule has 0 radical (unpaired) electrons. The van der Waals surface area contributed by atoms with E-state index < -0.39 is 6.10 Å². The quantitative estimate of drug-likeness (QED) is 0.490. The van der Waals surface area contributed by atoms with Gasteiger partial charge in [0, 0.05) is 29.7 Å². The third kappa shape index (κ3) is 5.57. The van der Waals surface area contributed by atoms with Gasteiger partial charge in [0.1, 0.15) is 18.5 Å². The molecule has 2 aromatic carbocycles. The molecule has 6 heteroatoms. The number of aromatic nitrogens is 1. The molecule has 6 nitrogen and oxygen atoms in total. The summed E-state index contributed by atoms with van der Waals surface area (Å²) in [5.74, 6) is 0.316. The van der Waals surface area contributed by atoms with E-state index in [1.54, 1.807) is 0 Å². The van der Waals surface area contributed by atoms with Gasteiger partial charge in [-0.05, 0) is 63.5 Å². The van der Waals surface area contributed by atoms with Crippen molar-refractivity contribution in [3.63, 3.8) is 0 Å². The minimum absolute atomic E-state index is 0.223. The van der Waals surface area contributed by atoms with Gasteiger partial charge in [-0.2, -0.15) is 0 Å². The van der Waals surface area contributed by atoms with Crippen LogP contribution in [0.3, 0.4) is 0 Å². The van der Waals surface area contributed by atoms with E-state index in [4.69, 9.17) is 9.47 Å². The predicted octanol–water partition coefficient (Wildman–Crippen LogP) is 4.40. The van der Waals surface area contributed by atoms with Crippen LogP contribution in [0.4, 0.5) is 0 Å². The number of nitrogens with zero attached hydrogens (tertiary/aromatic N) is 2. The number of carbonyl (C=O) groups excluding carboxylic acids is 1. The largest absolute Gasteiger partial charge is 0.491 e. The number of aliphatic hydroxyl groups excluding tert-OH is 1. The van der Waals surface area contributed by atoms with E-state index in [-0.39, 0.29) is 12.6 Å². The van der Waals surface area contributed by atoms with Gasteiger partial charge < -0.3 is 24.0 Å². The molecule has 1 N–H and O–H groups in total. The average Bonchev–Trinajstić information content (AvgIpc) is 3.10. The summed E-state index contributed by atoms with van der Waals surface area (Å²) in [6, 6.07) is 16.0. The smallest absolute Gasteiger partial charge is 0.340 e. The molecule has 1 aliphatic rings. The van der Waals surface area contributed by atoms with Gasteiger partial charge in [0.05, 0.1) is 12.2 Å². The standard InChI is InChI=1S/C27H34N2O4/c1-3-32-27(31)26-20(2)29(17-21-10-6-4-7-11-21)25-13-12-23(16-24(25)26)33-19-22(30)18-28-14-8-5-9-15-28/h4,6-7,10-13,16,22,30H,3,5,8-9,14-15,17-19H2,1-2H3. The molecule has 0 saturated carbocycles. The van der Waals surface area contributed by atoms with Crippen molar-refractivity contribution in [2.24, 2.45) is 0 Å². The van der Waals surface area contributed by atoms with Crippen LogP contribution in [0.2, 0.25) is 0 Å². The van der Waals surface area contributed by atoms with E-state index in [1.165, 1.54) is 19.3 Å². The van der Waals surface area contributed by atoms with Crippen LogP contribution < -0.4 is 4.74 Å². The first kappa shape index (κ1) is 23.3. The molecule has 33 heavy (non-hydrogen) atoms. The van der Waals surface area contributed by atoms with Crippen LogP contribution in [-0.2, 0) is 11.3 Å². The van der Waals surface area contributed by atoms with Crippen molar-refractivity contribution in [2.75, 3.05) is 32.8 Å². The Hall–Kier alpha value is -2.83. The van der Waals surface area contributed by atoms with E-state index in [1.807, 2.05) is 50.2 Å². The number of esters is 1. The number of β-amino-alcohol motifs (C(OH)–C–C–N with tert-alkyl or cyclic N) is 1. The highest BCUT2D eigenvalue weighted by atomic mass is 16.5. The summed E-state index contributed by atoms with van der Waals surface area (Å²) >= 11 is 0. The normalized spacial score (nSPS) is 15.5. The molecule has 2 heterocycles. The Kier molecular flexibility index (Phi) is 7.68. The van der Waals surface area contributed by atoms with Gasteiger partial charge in [0.25, 0.3) is 0 Å². The Labute approximate surface area is 195 Å². The molecule has 1 saturated heterocycles. The molecule has 0 aliphatic carbocycles. The summed E-state index contributed by atoms with van der Waals surface area (Å²) in [5, 5.41) is 11.3. The fraction of sp³-hybridized carbons (Fsp3) is 0.444. The number of aliphatic hydroxyl groups is 1.